The first kappa shape index (κ1) is 25.8. The molecule has 1 aliphatic rings. The number of carbonyl (C=O) groups excluding carboxylic acids is 3. The number of ether oxygens (including phenoxy) is 1. The van der Waals surface area contributed by atoms with Crippen molar-refractivity contribution in [2.75, 3.05) is 28.3 Å². The summed E-state index contributed by atoms with van der Waals surface area (Å²) in [6.07, 6.45) is 2.10. The summed E-state index contributed by atoms with van der Waals surface area (Å²) in [5, 5.41) is 16.0. The molecule has 11 nitrogen and oxygen atoms in total. The predicted molar refractivity (Wildman–Crippen MR) is 140 cm³/mol. The lowest BCUT2D eigenvalue weighted by atomic mass is 10.1. The van der Waals surface area contributed by atoms with Crippen LogP contribution in [0.25, 0.3) is 0 Å². The highest BCUT2D eigenvalue weighted by Gasteiger charge is 2.26. The van der Waals surface area contributed by atoms with E-state index < -0.39 is 16.9 Å². The van der Waals surface area contributed by atoms with Crippen molar-refractivity contribution < 1.29 is 24.0 Å². The van der Waals surface area contributed by atoms with E-state index in [-0.39, 0.29) is 24.0 Å². The number of rotatable bonds is 7. The highest BCUT2D eigenvalue weighted by molar-refractivity contribution is 7.14. The van der Waals surface area contributed by atoms with Gasteiger partial charge in [0.05, 0.1) is 22.8 Å². The number of carbonyl (C=O) groups is 3. The standard InChI is InChI=1S/C25H25N5O6S/c1-3-36-24(32)19-15-37-23(16(19)2)27-25(33)29(17-10-12-18(13-11-17)30(34)35)21-8-6-7-20(26-21)28-14-5-4-9-22(28)31/h6-8,10-13,15H,3-5,9,14H2,1-2H3,(H,27,33). The van der Waals surface area contributed by atoms with Gasteiger partial charge in [-0.3, -0.25) is 25.1 Å². The molecular formula is C25H25N5O6S. The van der Waals surface area contributed by atoms with Gasteiger partial charge in [0.1, 0.15) is 16.6 Å². The molecule has 1 aromatic carbocycles. The van der Waals surface area contributed by atoms with E-state index in [1.807, 2.05) is 0 Å². The molecule has 1 N–H and O–H groups in total. The number of urea groups is 1. The Kier molecular flexibility index (Phi) is 7.77. The van der Waals surface area contributed by atoms with Crippen LogP contribution in [0.3, 0.4) is 0 Å². The van der Waals surface area contributed by atoms with E-state index in [9.17, 15) is 24.5 Å². The Bertz CT molecular complexity index is 1340. The lowest BCUT2D eigenvalue weighted by Gasteiger charge is -2.27. The van der Waals surface area contributed by atoms with Gasteiger partial charge in [0.25, 0.3) is 5.69 Å². The van der Waals surface area contributed by atoms with Crippen LogP contribution in [-0.4, -0.2) is 41.0 Å². The lowest BCUT2D eigenvalue weighted by Crippen LogP contribution is -2.36. The largest absolute Gasteiger partial charge is 0.462 e. The number of amides is 3. The fraction of sp³-hybridized carbons (Fsp3) is 0.280. The van der Waals surface area contributed by atoms with E-state index in [4.69, 9.17) is 4.74 Å². The van der Waals surface area contributed by atoms with Gasteiger partial charge in [-0.15, -0.1) is 11.3 Å². The molecule has 1 aliphatic heterocycles. The molecule has 1 saturated heterocycles. The SMILES string of the molecule is CCOC(=O)c1csc(NC(=O)N(c2ccc([N+](=O)[O-])cc2)c2cccc(N3CCCCC3=O)n2)c1C. The summed E-state index contributed by atoms with van der Waals surface area (Å²) in [5.41, 5.74) is 1.12. The first-order chi connectivity index (χ1) is 17.8. The molecule has 3 heterocycles. The minimum absolute atomic E-state index is 0.0389. The van der Waals surface area contributed by atoms with Crippen LogP contribution in [-0.2, 0) is 9.53 Å². The molecule has 192 valence electrons. The summed E-state index contributed by atoms with van der Waals surface area (Å²) < 4.78 is 5.07. The molecule has 0 spiro atoms. The maximum absolute atomic E-state index is 13.6. The number of nitrogens with zero attached hydrogens (tertiary/aromatic N) is 4. The number of esters is 1. The number of non-ortho nitro benzene ring substituents is 1. The molecule has 0 bridgehead atoms. The van der Waals surface area contributed by atoms with Crippen LogP contribution in [0.15, 0.2) is 47.8 Å². The Morgan fingerprint density at radius 2 is 1.97 bits per heavy atom. The van der Waals surface area contributed by atoms with E-state index >= 15 is 0 Å². The van der Waals surface area contributed by atoms with Gasteiger partial charge in [-0.05, 0) is 56.5 Å². The first-order valence-electron chi connectivity index (χ1n) is 11.7. The van der Waals surface area contributed by atoms with Crippen LogP contribution < -0.4 is 15.1 Å². The number of pyridine rings is 1. The number of nitro benzene ring substituents is 1. The second-order valence-corrected chi connectivity index (χ2v) is 9.10. The number of benzene rings is 1. The maximum atomic E-state index is 13.6. The van der Waals surface area contributed by atoms with Gasteiger partial charge >= 0.3 is 12.0 Å². The summed E-state index contributed by atoms with van der Waals surface area (Å²) >= 11 is 1.18. The van der Waals surface area contributed by atoms with E-state index in [0.717, 1.165) is 12.8 Å². The second-order valence-electron chi connectivity index (χ2n) is 8.22. The van der Waals surface area contributed by atoms with Gasteiger partial charge in [0, 0.05) is 30.5 Å². The first-order valence-corrected chi connectivity index (χ1v) is 12.6. The topological polar surface area (TPSA) is 135 Å². The number of hydrogen-bond donors (Lipinski definition) is 1. The van der Waals surface area contributed by atoms with Crippen molar-refractivity contribution >= 4 is 57.3 Å². The minimum Gasteiger partial charge on any atom is -0.462 e. The maximum Gasteiger partial charge on any atom is 0.339 e. The van der Waals surface area contributed by atoms with Crippen LogP contribution in [0.1, 0.15) is 42.1 Å². The predicted octanol–water partition coefficient (Wildman–Crippen LogP) is 5.42. The fourth-order valence-electron chi connectivity index (χ4n) is 3.92. The molecule has 3 amide bonds. The van der Waals surface area contributed by atoms with E-state index in [0.29, 0.717) is 40.6 Å². The van der Waals surface area contributed by atoms with Crippen LogP contribution in [0.4, 0.5) is 32.8 Å². The van der Waals surface area contributed by atoms with E-state index in [1.165, 1.54) is 40.5 Å². The monoisotopic (exact) mass is 523 g/mol. The molecule has 0 radical (unpaired) electrons. The number of piperidine rings is 1. The zero-order valence-corrected chi connectivity index (χ0v) is 21.1. The summed E-state index contributed by atoms with van der Waals surface area (Å²) in [5.74, 6) is 0.119. The number of anilines is 4. The fourth-order valence-corrected chi connectivity index (χ4v) is 4.86. The average Bonchev–Trinajstić information content (AvgIpc) is 3.25. The smallest absolute Gasteiger partial charge is 0.339 e. The summed E-state index contributed by atoms with van der Waals surface area (Å²) in [7, 11) is 0. The van der Waals surface area contributed by atoms with Gasteiger partial charge in [-0.25, -0.2) is 19.5 Å². The summed E-state index contributed by atoms with van der Waals surface area (Å²) in [4.78, 5) is 56.3. The van der Waals surface area contributed by atoms with Crippen molar-refractivity contribution in [1.29, 1.82) is 0 Å². The molecule has 2 aromatic heterocycles. The molecule has 0 saturated carbocycles. The van der Waals surface area contributed by atoms with Crippen molar-refractivity contribution in [2.45, 2.75) is 33.1 Å². The minimum atomic E-state index is -0.594. The van der Waals surface area contributed by atoms with E-state index in [1.54, 1.807) is 42.3 Å². The number of aromatic nitrogens is 1. The third kappa shape index (κ3) is 5.59. The Labute approximate surface area is 216 Å². The van der Waals surface area contributed by atoms with Crippen molar-refractivity contribution in [3.8, 4) is 0 Å². The third-order valence-corrected chi connectivity index (χ3v) is 6.82. The van der Waals surface area contributed by atoms with Gasteiger partial charge in [-0.1, -0.05) is 6.07 Å². The highest BCUT2D eigenvalue weighted by atomic mass is 32.1. The Balaban J connectivity index is 1.70. The zero-order chi connectivity index (χ0) is 26.5. The number of hydrogen-bond acceptors (Lipinski definition) is 8. The molecule has 37 heavy (non-hydrogen) atoms. The van der Waals surface area contributed by atoms with Crippen molar-refractivity contribution in [3.63, 3.8) is 0 Å². The second kappa shape index (κ2) is 11.2. The highest BCUT2D eigenvalue weighted by Crippen LogP contribution is 2.32. The molecule has 0 atom stereocenters. The van der Waals surface area contributed by atoms with Gasteiger partial charge in [0.2, 0.25) is 5.91 Å². The van der Waals surface area contributed by atoms with Crippen molar-refractivity contribution in [1.82, 2.24) is 4.98 Å². The number of nitrogens with one attached hydrogen (secondary N) is 1. The average molecular weight is 524 g/mol. The third-order valence-electron chi connectivity index (χ3n) is 5.83. The van der Waals surface area contributed by atoms with Crippen LogP contribution in [0.2, 0.25) is 0 Å². The molecule has 0 aliphatic carbocycles. The van der Waals surface area contributed by atoms with Crippen molar-refractivity contribution in [3.05, 3.63) is 69.1 Å². The number of thiophene rings is 1. The van der Waals surface area contributed by atoms with Crippen molar-refractivity contribution in [2.24, 2.45) is 0 Å². The summed E-state index contributed by atoms with van der Waals surface area (Å²) in [6, 6.07) is 9.90. The Hall–Kier alpha value is -4.32. The number of nitro groups is 1. The molecule has 0 unspecified atom stereocenters. The van der Waals surface area contributed by atoms with Gasteiger partial charge < -0.3 is 4.74 Å². The Morgan fingerprint density at radius 1 is 1.22 bits per heavy atom. The summed E-state index contributed by atoms with van der Waals surface area (Å²) in [6.45, 7) is 4.17. The lowest BCUT2D eigenvalue weighted by molar-refractivity contribution is -0.384. The molecular weight excluding hydrogens is 498 g/mol. The molecule has 4 rings (SSSR count). The van der Waals surface area contributed by atoms with Crippen LogP contribution in [0.5, 0.6) is 0 Å². The van der Waals surface area contributed by atoms with E-state index in [2.05, 4.69) is 10.3 Å². The van der Waals surface area contributed by atoms with Crippen LogP contribution in [0, 0.1) is 17.0 Å². The zero-order valence-electron chi connectivity index (χ0n) is 20.3. The van der Waals surface area contributed by atoms with Gasteiger partial charge in [0.15, 0.2) is 0 Å². The molecule has 1 fully saturated rings. The molecule has 3 aromatic rings. The van der Waals surface area contributed by atoms with Crippen LogP contribution >= 0.6 is 11.3 Å². The Morgan fingerprint density at radius 3 is 2.65 bits per heavy atom. The molecule has 12 heteroatoms. The quantitative estimate of drug-likeness (QED) is 0.248. The van der Waals surface area contributed by atoms with Gasteiger partial charge in [-0.2, -0.15) is 0 Å². The normalized spacial score (nSPS) is 13.2.